The Bertz CT molecular complexity index is 1050. The molecule has 0 aliphatic heterocycles. The minimum atomic E-state index is -3.28. The van der Waals surface area contributed by atoms with Crippen LogP contribution in [0.1, 0.15) is 54.7 Å². The Morgan fingerprint density at radius 1 is 1.33 bits per heavy atom. The van der Waals surface area contributed by atoms with E-state index in [4.69, 9.17) is 10.5 Å². The molecule has 0 spiro atoms. The molecule has 1 aromatic carbocycles. The van der Waals surface area contributed by atoms with Crippen LogP contribution >= 0.6 is 0 Å². The van der Waals surface area contributed by atoms with Crippen LogP contribution in [0.2, 0.25) is 0 Å². The first kappa shape index (κ1) is 21.8. The van der Waals surface area contributed by atoms with Crippen molar-refractivity contribution in [2.75, 3.05) is 12.0 Å². The number of nitrogens with two attached hydrogens (primary N) is 1. The van der Waals surface area contributed by atoms with Crippen molar-refractivity contribution in [3.8, 4) is 11.6 Å². The fraction of sp³-hybridized carbons (Fsp3) is 0.381. The fourth-order valence-corrected chi connectivity index (χ4v) is 3.80. The second-order valence-electron chi connectivity index (χ2n) is 7.52. The second kappa shape index (κ2) is 9.25. The average molecular weight is 431 g/mol. The van der Waals surface area contributed by atoms with Crippen molar-refractivity contribution in [3.63, 3.8) is 0 Å². The maximum Gasteiger partial charge on any atom is 0.258 e. The van der Waals surface area contributed by atoms with Gasteiger partial charge in [0.15, 0.2) is 9.84 Å². The van der Waals surface area contributed by atoms with Gasteiger partial charge in [-0.3, -0.25) is 4.79 Å². The summed E-state index contributed by atoms with van der Waals surface area (Å²) >= 11 is 0. The second-order valence-corrected chi connectivity index (χ2v) is 9.45. The first-order chi connectivity index (χ1) is 14.2. The largest absolute Gasteiger partial charge is 0.438 e. The summed E-state index contributed by atoms with van der Waals surface area (Å²) in [5.74, 6) is 1.06. The summed E-state index contributed by atoms with van der Waals surface area (Å²) < 4.78 is 28.5. The van der Waals surface area contributed by atoms with Crippen molar-refractivity contribution in [1.82, 2.24) is 15.3 Å². The number of aromatic nitrogens is 2. The van der Waals surface area contributed by atoms with E-state index in [9.17, 15) is 13.2 Å². The lowest BCUT2D eigenvalue weighted by Crippen LogP contribution is -2.31. The Labute approximate surface area is 176 Å². The van der Waals surface area contributed by atoms with Crippen LogP contribution in [0.4, 0.5) is 5.69 Å². The molecule has 8 nitrogen and oxygen atoms in total. The topological polar surface area (TPSA) is 124 Å². The van der Waals surface area contributed by atoms with Crippen LogP contribution in [0.3, 0.4) is 0 Å². The minimum Gasteiger partial charge on any atom is -0.438 e. The molecular weight excluding hydrogens is 404 g/mol. The first-order valence-corrected chi connectivity index (χ1v) is 11.8. The number of hydrogen-bond acceptors (Lipinski definition) is 7. The molecule has 2 aromatic rings. The smallest absolute Gasteiger partial charge is 0.258 e. The standard InChI is InChI=1S/C21H26N4O4S/c1-14(10-11-30(2,27)28)24-20(26)18-13-23-19(15-6-3-4-7-15)25-21(18)29-17-9-5-8-16(22)12-17/h5,8-15H,3-4,6-7,22H2,1-2H3,(H,24,26)/b11-10+. The van der Waals surface area contributed by atoms with Crippen LogP contribution in [0.5, 0.6) is 11.6 Å². The number of anilines is 1. The number of carbonyl (C=O) groups is 1. The van der Waals surface area contributed by atoms with E-state index in [-0.39, 0.29) is 17.4 Å². The normalized spacial score (nSPS) is 15.9. The summed E-state index contributed by atoms with van der Waals surface area (Å²) in [7, 11) is -3.28. The molecule has 1 fully saturated rings. The summed E-state index contributed by atoms with van der Waals surface area (Å²) in [5, 5.41) is 3.78. The Hall–Kier alpha value is -2.94. The van der Waals surface area contributed by atoms with Gasteiger partial charge >= 0.3 is 0 Å². The maximum absolute atomic E-state index is 12.8. The van der Waals surface area contributed by atoms with E-state index < -0.39 is 21.8 Å². The summed E-state index contributed by atoms with van der Waals surface area (Å²) in [6.07, 6.45) is 8.24. The van der Waals surface area contributed by atoms with Gasteiger partial charge in [-0.1, -0.05) is 25.0 Å². The lowest BCUT2D eigenvalue weighted by atomic mass is 10.1. The molecule has 1 aliphatic rings. The summed E-state index contributed by atoms with van der Waals surface area (Å²) in [5.41, 5.74) is 6.52. The number of ether oxygens (including phenoxy) is 1. The highest BCUT2D eigenvalue weighted by Gasteiger charge is 2.24. The fourth-order valence-electron chi connectivity index (χ4n) is 3.28. The van der Waals surface area contributed by atoms with E-state index in [0.717, 1.165) is 37.3 Å². The molecular formula is C21H26N4O4S. The quantitative estimate of drug-likeness (QED) is 0.646. The molecule has 1 heterocycles. The highest BCUT2D eigenvalue weighted by atomic mass is 32.2. The summed E-state index contributed by atoms with van der Waals surface area (Å²) in [4.78, 5) is 21.8. The van der Waals surface area contributed by atoms with Gasteiger partial charge in [-0.2, -0.15) is 4.98 Å². The Morgan fingerprint density at radius 3 is 2.73 bits per heavy atom. The third-order valence-electron chi connectivity index (χ3n) is 4.78. The van der Waals surface area contributed by atoms with Crippen LogP contribution in [0, 0.1) is 0 Å². The van der Waals surface area contributed by atoms with Gasteiger partial charge in [0.1, 0.15) is 17.1 Å². The third-order valence-corrected chi connectivity index (χ3v) is 5.43. The molecule has 160 valence electrons. The molecule has 30 heavy (non-hydrogen) atoms. The number of carbonyl (C=O) groups excluding carboxylic acids is 1. The van der Waals surface area contributed by atoms with E-state index >= 15 is 0 Å². The monoisotopic (exact) mass is 430 g/mol. The van der Waals surface area contributed by atoms with E-state index in [0.29, 0.717) is 17.3 Å². The molecule has 9 heteroatoms. The van der Waals surface area contributed by atoms with Crippen molar-refractivity contribution in [2.24, 2.45) is 0 Å². The molecule has 1 saturated carbocycles. The lowest BCUT2D eigenvalue weighted by molar-refractivity contribution is 0.0943. The van der Waals surface area contributed by atoms with Crippen molar-refractivity contribution in [3.05, 3.63) is 53.3 Å². The Balaban J connectivity index is 1.87. The Morgan fingerprint density at radius 2 is 2.07 bits per heavy atom. The molecule has 0 bridgehead atoms. The molecule has 1 atom stereocenters. The van der Waals surface area contributed by atoms with Crippen molar-refractivity contribution in [1.29, 1.82) is 0 Å². The van der Waals surface area contributed by atoms with Gasteiger partial charge in [0, 0.05) is 41.6 Å². The van der Waals surface area contributed by atoms with Gasteiger partial charge in [-0.05, 0) is 31.9 Å². The van der Waals surface area contributed by atoms with Gasteiger partial charge in [-0.15, -0.1) is 0 Å². The molecule has 1 amide bonds. The van der Waals surface area contributed by atoms with Crippen LogP contribution in [0.25, 0.3) is 0 Å². The van der Waals surface area contributed by atoms with Gasteiger partial charge in [0.2, 0.25) is 5.88 Å². The highest BCUT2D eigenvalue weighted by Crippen LogP contribution is 2.34. The molecule has 1 aliphatic carbocycles. The van der Waals surface area contributed by atoms with E-state index in [1.54, 1.807) is 31.2 Å². The minimum absolute atomic E-state index is 0.147. The SMILES string of the molecule is CC(/C=C/S(C)(=O)=O)NC(=O)c1cnc(C2CCCC2)nc1Oc1cccc(N)c1. The van der Waals surface area contributed by atoms with E-state index in [1.165, 1.54) is 12.3 Å². The lowest BCUT2D eigenvalue weighted by Gasteiger charge is -2.15. The van der Waals surface area contributed by atoms with Crippen LogP contribution < -0.4 is 15.8 Å². The van der Waals surface area contributed by atoms with Crippen LogP contribution in [-0.4, -0.2) is 36.6 Å². The molecule has 3 rings (SSSR count). The number of rotatable bonds is 7. The number of nitrogens with one attached hydrogen (secondary N) is 1. The van der Waals surface area contributed by atoms with E-state index in [2.05, 4.69) is 15.3 Å². The number of sulfone groups is 1. The predicted molar refractivity (Wildman–Crippen MR) is 115 cm³/mol. The molecule has 3 N–H and O–H groups in total. The van der Waals surface area contributed by atoms with Crippen LogP contribution in [0.15, 0.2) is 41.9 Å². The van der Waals surface area contributed by atoms with Crippen molar-refractivity contribution >= 4 is 21.4 Å². The van der Waals surface area contributed by atoms with Gasteiger partial charge in [-0.25, -0.2) is 13.4 Å². The summed E-state index contributed by atoms with van der Waals surface area (Å²) in [6, 6.07) is 6.35. The van der Waals surface area contributed by atoms with Gasteiger partial charge in [0.05, 0.1) is 0 Å². The van der Waals surface area contributed by atoms with Gasteiger partial charge in [0.25, 0.3) is 5.91 Å². The summed E-state index contributed by atoms with van der Waals surface area (Å²) in [6.45, 7) is 1.67. The van der Waals surface area contributed by atoms with Crippen LogP contribution in [-0.2, 0) is 9.84 Å². The Kier molecular flexibility index (Phi) is 6.71. The molecule has 1 unspecified atom stereocenters. The predicted octanol–water partition coefficient (Wildman–Crippen LogP) is 3.19. The number of nitrogens with zero attached hydrogens (tertiary/aromatic N) is 2. The number of hydrogen-bond donors (Lipinski definition) is 2. The number of nitrogen functional groups attached to an aromatic ring is 1. The van der Waals surface area contributed by atoms with Crippen molar-refractivity contribution in [2.45, 2.75) is 44.6 Å². The molecule has 0 radical (unpaired) electrons. The zero-order valence-electron chi connectivity index (χ0n) is 17.0. The first-order valence-electron chi connectivity index (χ1n) is 9.81. The van der Waals surface area contributed by atoms with Gasteiger partial charge < -0.3 is 15.8 Å². The zero-order chi connectivity index (χ0) is 21.7. The molecule has 1 aromatic heterocycles. The average Bonchev–Trinajstić information content (AvgIpc) is 3.20. The van der Waals surface area contributed by atoms with Crippen molar-refractivity contribution < 1.29 is 17.9 Å². The van der Waals surface area contributed by atoms with E-state index in [1.807, 2.05) is 0 Å². The number of benzene rings is 1. The maximum atomic E-state index is 12.8. The highest BCUT2D eigenvalue weighted by molar-refractivity contribution is 7.93. The third kappa shape index (κ3) is 6.03. The number of amides is 1. The molecule has 0 saturated heterocycles. The zero-order valence-corrected chi connectivity index (χ0v) is 17.9.